The Morgan fingerprint density at radius 2 is 1.83 bits per heavy atom. The van der Waals surface area contributed by atoms with Gasteiger partial charge in [0.1, 0.15) is 5.75 Å². The molecule has 1 aliphatic rings. The van der Waals surface area contributed by atoms with Crippen molar-refractivity contribution in [3.63, 3.8) is 0 Å². The first-order valence-electron chi connectivity index (χ1n) is 7.54. The summed E-state index contributed by atoms with van der Waals surface area (Å²) in [5.41, 5.74) is 1.71. The highest BCUT2D eigenvalue weighted by molar-refractivity contribution is 7.92. The zero-order chi connectivity index (χ0) is 16.9. The third kappa shape index (κ3) is 5.37. The van der Waals surface area contributed by atoms with E-state index in [0.717, 1.165) is 31.9 Å². The Bertz CT molecular complexity index is 648. The minimum absolute atomic E-state index is 0.192. The lowest BCUT2D eigenvalue weighted by Gasteiger charge is -2.34. The van der Waals surface area contributed by atoms with Crippen LogP contribution in [0, 0.1) is 0 Å². The van der Waals surface area contributed by atoms with Crippen LogP contribution in [0.5, 0.6) is 0 Å². The van der Waals surface area contributed by atoms with Crippen molar-refractivity contribution in [3.05, 3.63) is 36.9 Å². The van der Waals surface area contributed by atoms with Gasteiger partial charge in [-0.1, -0.05) is 6.08 Å². The van der Waals surface area contributed by atoms with Crippen LogP contribution >= 0.6 is 0 Å². The number of nitrogens with one attached hydrogen (secondary N) is 1. The quantitative estimate of drug-likeness (QED) is 0.784. The Morgan fingerprint density at radius 3 is 2.39 bits per heavy atom. The van der Waals surface area contributed by atoms with Crippen molar-refractivity contribution >= 4 is 27.1 Å². The molecule has 0 radical (unpaired) electrons. The van der Waals surface area contributed by atoms with Gasteiger partial charge < -0.3 is 15.1 Å². The van der Waals surface area contributed by atoms with Crippen LogP contribution in [0.15, 0.2) is 36.9 Å². The molecule has 1 fully saturated rings. The maximum Gasteiger partial charge on any atom is 0.239 e. The summed E-state index contributed by atoms with van der Waals surface area (Å²) in [4.78, 5) is 16.4. The van der Waals surface area contributed by atoms with Gasteiger partial charge in [-0.05, 0) is 31.3 Å². The van der Waals surface area contributed by atoms with Crippen molar-refractivity contribution in [2.45, 2.75) is 0 Å². The predicted molar refractivity (Wildman–Crippen MR) is 93.6 cm³/mol. The van der Waals surface area contributed by atoms with Crippen molar-refractivity contribution in [3.8, 4) is 0 Å². The Kier molecular flexibility index (Phi) is 5.79. The second-order valence-corrected chi connectivity index (χ2v) is 7.84. The highest BCUT2D eigenvalue weighted by atomic mass is 32.2. The molecule has 126 valence electrons. The molecule has 1 aromatic carbocycles. The first-order chi connectivity index (χ1) is 10.9. The van der Waals surface area contributed by atoms with E-state index < -0.39 is 21.5 Å². The molecule has 0 atom stereocenters. The summed E-state index contributed by atoms with van der Waals surface area (Å²) in [6.07, 6.45) is 1.29. The maximum atomic E-state index is 11.8. The van der Waals surface area contributed by atoms with Gasteiger partial charge in [0.25, 0.3) is 0 Å². The van der Waals surface area contributed by atoms with E-state index in [4.69, 9.17) is 0 Å². The molecule has 1 N–H and O–H groups in total. The zero-order valence-electron chi connectivity index (χ0n) is 13.4. The second-order valence-electron chi connectivity index (χ2n) is 5.73. The molecule has 0 unspecified atom stereocenters. The number of anilines is 2. The van der Waals surface area contributed by atoms with Crippen LogP contribution in [-0.4, -0.2) is 64.0 Å². The van der Waals surface area contributed by atoms with Gasteiger partial charge in [0.2, 0.25) is 5.91 Å². The lowest BCUT2D eigenvalue weighted by Crippen LogP contribution is -2.44. The van der Waals surface area contributed by atoms with Gasteiger partial charge in [0.15, 0.2) is 9.84 Å². The van der Waals surface area contributed by atoms with E-state index >= 15 is 0 Å². The van der Waals surface area contributed by atoms with Crippen LogP contribution in [0.2, 0.25) is 0 Å². The molecule has 23 heavy (non-hydrogen) atoms. The zero-order valence-corrected chi connectivity index (χ0v) is 14.2. The molecule has 1 heterocycles. The van der Waals surface area contributed by atoms with Crippen molar-refractivity contribution in [2.24, 2.45) is 0 Å². The normalized spacial score (nSPS) is 16.1. The molecule has 0 spiro atoms. The van der Waals surface area contributed by atoms with Gasteiger partial charge in [-0.3, -0.25) is 4.79 Å². The number of benzene rings is 1. The molecular formula is C16H23N3O3S. The average molecular weight is 337 g/mol. The van der Waals surface area contributed by atoms with Crippen molar-refractivity contribution in [1.29, 1.82) is 0 Å². The lowest BCUT2D eigenvalue weighted by atomic mass is 10.2. The standard InChI is InChI=1S/C16H23N3O3S/c1-3-12-23(21,22)13-16(20)17-14-4-6-15(7-5-14)19-10-8-18(2)9-11-19/h3-7H,1,8-13H2,2H3,(H,17,20). The molecule has 0 saturated carbocycles. The maximum absolute atomic E-state index is 11.8. The Hall–Kier alpha value is -1.86. The molecule has 1 amide bonds. The molecule has 0 aromatic heterocycles. The number of hydrogen-bond acceptors (Lipinski definition) is 5. The predicted octanol–water partition coefficient (Wildman–Crippen LogP) is 0.978. The number of sulfone groups is 1. The van der Waals surface area contributed by atoms with Gasteiger partial charge in [-0.2, -0.15) is 0 Å². The molecule has 0 aliphatic carbocycles. The van der Waals surface area contributed by atoms with Crippen molar-refractivity contribution in [2.75, 3.05) is 54.9 Å². The first-order valence-corrected chi connectivity index (χ1v) is 9.36. The fourth-order valence-corrected chi connectivity index (χ4v) is 3.40. The van der Waals surface area contributed by atoms with Crippen molar-refractivity contribution in [1.82, 2.24) is 4.90 Å². The summed E-state index contributed by atoms with van der Waals surface area (Å²) in [6, 6.07) is 7.48. The third-order valence-electron chi connectivity index (χ3n) is 3.74. The molecule has 0 bridgehead atoms. The van der Waals surface area contributed by atoms with E-state index in [1.807, 2.05) is 12.1 Å². The number of likely N-dealkylation sites (N-methyl/N-ethyl adjacent to an activating group) is 1. The fraction of sp³-hybridized carbons (Fsp3) is 0.438. The van der Waals surface area contributed by atoms with Crippen LogP contribution < -0.4 is 10.2 Å². The molecule has 6 nitrogen and oxygen atoms in total. The number of piperazine rings is 1. The topological polar surface area (TPSA) is 69.7 Å². The van der Waals surface area contributed by atoms with Crippen LogP contribution in [0.1, 0.15) is 0 Å². The highest BCUT2D eigenvalue weighted by Crippen LogP contribution is 2.19. The average Bonchev–Trinajstić information content (AvgIpc) is 2.48. The van der Waals surface area contributed by atoms with Crippen LogP contribution in [0.25, 0.3) is 0 Å². The first kappa shape index (κ1) is 17.5. The number of hydrogen-bond donors (Lipinski definition) is 1. The number of amides is 1. The summed E-state index contributed by atoms with van der Waals surface area (Å²) in [5, 5.41) is 2.61. The number of carbonyl (C=O) groups is 1. The summed E-state index contributed by atoms with van der Waals surface area (Å²) < 4.78 is 23.2. The smallest absolute Gasteiger partial charge is 0.239 e. The van der Waals surface area contributed by atoms with E-state index in [1.54, 1.807) is 12.1 Å². The summed E-state index contributed by atoms with van der Waals surface area (Å²) >= 11 is 0. The highest BCUT2D eigenvalue weighted by Gasteiger charge is 2.16. The Balaban J connectivity index is 1.92. The molecule has 1 aromatic rings. The summed E-state index contributed by atoms with van der Waals surface area (Å²) in [7, 11) is -1.32. The number of rotatable bonds is 6. The minimum Gasteiger partial charge on any atom is -0.369 e. The van der Waals surface area contributed by atoms with Crippen molar-refractivity contribution < 1.29 is 13.2 Å². The third-order valence-corrected chi connectivity index (χ3v) is 5.19. The molecule has 2 rings (SSSR count). The fourth-order valence-electron chi connectivity index (χ4n) is 2.46. The van der Waals surface area contributed by atoms with Gasteiger partial charge in [-0.25, -0.2) is 8.42 Å². The van der Waals surface area contributed by atoms with Gasteiger partial charge >= 0.3 is 0 Å². The summed E-state index contributed by atoms with van der Waals surface area (Å²) in [6.45, 7) is 7.38. The van der Waals surface area contributed by atoms with Gasteiger partial charge in [-0.15, -0.1) is 6.58 Å². The van der Waals surface area contributed by atoms with Crippen LogP contribution in [-0.2, 0) is 14.6 Å². The summed E-state index contributed by atoms with van der Waals surface area (Å²) in [5.74, 6) is -1.25. The molecule has 1 saturated heterocycles. The Labute approximate surface area is 137 Å². The van der Waals surface area contributed by atoms with Gasteiger partial charge in [0.05, 0.1) is 5.75 Å². The second kappa shape index (κ2) is 7.61. The van der Waals surface area contributed by atoms with Crippen LogP contribution in [0.3, 0.4) is 0 Å². The van der Waals surface area contributed by atoms with E-state index in [9.17, 15) is 13.2 Å². The van der Waals surface area contributed by atoms with E-state index in [-0.39, 0.29) is 5.75 Å². The van der Waals surface area contributed by atoms with Gasteiger partial charge in [0, 0.05) is 37.6 Å². The molecule has 7 heteroatoms. The lowest BCUT2D eigenvalue weighted by molar-refractivity contribution is -0.113. The molecule has 1 aliphatic heterocycles. The van der Waals surface area contributed by atoms with Crippen LogP contribution in [0.4, 0.5) is 11.4 Å². The largest absolute Gasteiger partial charge is 0.369 e. The monoisotopic (exact) mass is 337 g/mol. The Morgan fingerprint density at radius 1 is 1.22 bits per heavy atom. The molecular weight excluding hydrogens is 314 g/mol. The number of carbonyl (C=O) groups excluding carboxylic acids is 1. The SMILES string of the molecule is C=CCS(=O)(=O)CC(=O)Nc1ccc(N2CCN(C)CC2)cc1. The van der Waals surface area contributed by atoms with E-state index in [2.05, 4.69) is 28.7 Å². The number of nitrogens with zero attached hydrogens (tertiary/aromatic N) is 2. The van der Waals surface area contributed by atoms with E-state index in [0.29, 0.717) is 5.69 Å². The minimum atomic E-state index is -3.42. The van der Waals surface area contributed by atoms with E-state index in [1.165, 1.54) is 6.08 Å².